The highest BCUT2D eigenvalue weighted by atomic mass is 15.2. The average Bonchev–Trinajstić information content (AvgIpc) is 3.07. The minimum absolute atomic E-state index is 0.738. The second kappa shape index (κ2) is 4.84. The van der Waals surface area contributed by atoms with Gasteiger partial charge < -0.3 is 5.32 Å². The number of nitrogens with zero attached hydrogens (tertiary/aromatic N) is 1. The van der Waals surface area contributed by atoms with Crippen LogP contribution in [0.3, 0.4) is 0 Å². The Balaban J connectivity index is 1.82. The van der Waals surface area contributed by atoms with Gasteiger partial charge in [-0.3, -0.25) is 4.90 Å². The molecule has 0 spiro atoms. The van der Waals surface area contributed by atoms with Crippen molar-refractivity contribution >= 4 is 0 Å². The number of nitrogens with one attached hydrogen (secondary N) is 1. The Morgan fingerprint density at radius 1 is 1.40 bits per heavy atom. The first-order valence-electron chi connectivity index (χ1n) is 6.73. The van der Waals surface area contributed by atoms with E-state index in [0.717, 1.165) is 23.9 Å². The lowest BCUT2D eigenvalue weighted by Gasteiger charge is -2.37. The summed E-state index contributed by atoms with van der Waals surface area (Å²) in [6, 6.07) is 1.67. The van der Waals surface area contributed by atoms with Crippen LogP contribution < -0.4 is 5.32 Å². The maximum atomic E-state index is 3.67. The number of piperazine rings is 1. The van der Waals surface area contributed by atoms with E-state index in [0.29, 0.717) is 0 Å². The van der Waals surface area contributed by atoms with Gasteiger partial charge in [0.2, 0.25) is 0 Å². The molecule has 1 aliphatic carbocycles. The summed E-state index contributed by atoms with van der Waals surface area (Å²) in [7, 11) is 0. The van der Waals surface area contributed by atoms with Crippen LogP contribution >= 0.6 is 0 Å². The van der Waals surface area contributed by atoms with E-state index < -0.39 is 0 Å². The van der Waals surface area contributed by atoms with Crippen molar-refractivity contribution in [3.8, 4) is 0 Å². The van der Waals surface area contributed by atoms with E-state index in [2.05, 4.69) is 31.0 Å². The minimum Gasteiger partial charge on any atom is -0.311 e. The van der Waals surface area contributed by atoms with Crippen molar-refractivity contribution in [2.75, 3.05) is 19.6 Å². The Bertz CT molecular complexity index is 205. The molecular formula is C13H26N2. The Kier molecular flexibility index (Phi) is 3.68. The van der Waals surface area contributed by atoms with Gasteiger partial charge in [-0.25, -0.2) is 0 Å². The summed E-state index contributed by atoms with van der Waals surface area (Å²) in [6.07, 6.45) is 4.14. The lowest BCUT2D eigenvalue weighted by Crippen LogP contribution is -2.54. The molecule has 1 aliphatic heterocycles. The molecule has 0 aromatic heterocycles. The van der Waals surface area contributed by atoms with Crippen LogP contribution in [0.25, 0.3) is 0 Å². The van der Waals surface area contributed by atoms with Crippen molar-refractivity contribution in [1.29, 1.82) is 0 Å². The van der Waals surface area contributed by atoms with E-state index in [-0.39, 0.29) is 0 Å². The molecule has 1 saturated carbocycles. The second-order valence-electron chi connectivity index (χ2n) is 5.41. The fourth-order valence-corrected chi connectivity index (χ4v) is 2.89. The van der Waals surface area contributed by atoms with Crippen LogP contribution in [0.4, 0.5) is 0 Å². The van der Waals surface area contributed by atoms with E-state index in [9.17, 15) is 0 Å². The summed E-state index contributed by atoms with van der Waals surface area (Å²) in [6.45, 7) is 10.8. The van der Waals surface area contributed by atoms with Crippen molar-refractivity contribution < 1.29 is 0 Å². The Hall–Kier alpha value is -0.0800. The Morgan fingerprint density at radius 2 is 2.20 bits per heavy atom. The van der Waals surface area contributed by atoms with Crippen molar-refractivity contribution in [1.82, 2.24) is 10.2 Å². The van der Waals surface area contributed by atoms with E-state index in [4.69, 9.17) is 0 Å². The molecule has 4 atom stereocenters. The third-order valence-corrected chi connectivity index (χ3v) is 4.45. The van der Waals surface area contributed by atoms with Crippen LogP contribution in [0.1, 0.15) is 40.0 Å². The number of rotatable bonds is 4. The minimum atomic E-state index is 0.738. The Labute approximate surface area is 94.4 Å². The molecule has 2 aliphatic rings. The van der Waals surface area contributed by atoms with Crippen LogP contribution in [0.2, 0.25) is 0 Å². The van der Waals surface area contributed by atoms with E-state index in [1.807, 2.05) is 0 Å². The molecule has 0 amide bonds. The largest absolute Gasteiger partial charge is 0.311 e. The second-order valence-corrected chi connectivity index (χ2v) is 5.41. The fourth-order valence-electron chi connectivity index (χ4n) is 2.89. The standard InChI is InChI=1S/C13H26N2/c1-4-10(3)12-9-15(7-6-14-12)13-8-11(13)5-2/h10-14H,4-9H2,1-3H3. The van der Waals surface area contributed by atoms with Crippen LogP contribution in [0.5, 0.6) is 0 Å². The van der Waals surface area contributed by atoms with E-state index >= 15 is 0 Å². The molecule has 2 fully saturated rings. The van der Waals surface area contributed by atoms with Gasteiger partial charge in [0.15, 0.2) is 0 Å². The van der Waals surface area contributed by atoms with Gasteiger partial charge in [0, 0.05) is 31.7 Å². The number of hydrogen-bond donors (Lipinski definition) is 1. The van der Waals surface area contributed by atoms with Gasteiger partial charge in [-0.2, -0.15) is 0 Å². The first-order valence-corrected chi connectivity index (χ1v) is 6.73. The first kappa shape index (κ1) is 11.4. The van der Waals surface area contributed by atoms with E-state index in [1.165, 1.54) is 38.9 Å². The normalized spacial score (nSPS) is 39.0. The third kappa shape index (κ3) is 2.54. The van der Waals surface area contributed by atoms with Crippen LogP contribution in [-0.4, -0.2) is 36.6 Å². The molecule has 15 heavy (non-hydrogen) atoms. The summed E-state index contributed by atoms with van der Waals surface area (Å²) in [5.41, 5.74) is 0. The van der Waals surface area contributed by atoms with Crippen LogP contribution in [-0.2, 0) is 0 Å². The van der Waals surface area contributed by atoms with Crippen molar-refractivity contribution in [2.45, 2.75) is 52.1 Å². The highest BCUT2D eigenvalue weighted by Crippen LogP contribution is 2.38. The highest BCUT2D eigenvalue weighted by molar-refractivity contribution is 4.97. The zero-order chi connectivity index (χ0) is 10.8. The lowest BCUT2D eigenvalue weighted by molar-refractivity contribution is 0.155. The predicted molar refractivity (Wildman–Crippen MR) is 65.0 cm³/mol. The van der Waals surface area contributed by atoms with Gasteiger partial charge in [-0.05, 0) is 18.3 Å². The molecular weight excluding hydrogens is 184 g/mol. The third-order valence-electron chi connectivity index (χ3n) is 4.45. The summed E-state index contributed by atoms with van der Waals surface area (Å²) >= 11 is 0. The lowest BCUT2D eigenvalue weighted by atomic mass is 9.97. The zero-order valence-electron chi connectivity index (χ0n) is 10.5. The van der Waals surface area contributed by atoms with Crippen molar-refractivity contribution in [3.63, 3.8) is 0 Å². The average molecular weight is 210 g/mol. The molecule has 0 radical (unpaired) electrons. The molecule has 0 aromatic carbocycles. The van der Waals surface area contributed by atoms with Gasteiger partial charge in [0.25, 0.3) is 0 Å². The topological polar surface area (TPSA) is 15.3 Å². The molecule has 1 heterocycles. The van der Waals surface area contributed by atoms with Crippen molar-refractivity contribution in [2.24, 2.45) is 11.8 Å². The molecule has 0 aromatic rings. The quantitative estimate of drug-likeness (QED) is 0.764. The predicted octanol–water partition coefficient (Wildman–Crippen LogP) is 2.10. The van der Waals surface area contributed by atoms with Gasteiger partial charge >= 0.3 is 0 Å². The SMILES string of the molecule is CCC(C)C1CN(C2CC2CC)CCN1. The molecule has 4 unspecified atom stereocenters. The summed E-state index contributed by atoms with van der Waals surface area (Å²) < 4.78 is 0. The molecule has 1 saturated heterocycles. The molecule has 2 rings (SSSR count). The van der Waals surface area contributed by atoms with Crippen LogP contribution in [0.15, 0.2) is 0 Å². The van der Waals surface area contributed by atoms with Gasteiger partial charge in [0.05, 0.1) is 0 Å². The molecule has 1 N–H and O–H groups in total. The summed E-state index contributed by atoms with van der Waals surface area (Å²) in [4.78, 5) is 2.74. The zero-order valence-corrected chi connectivity index (χ0v) is 10.5. The Morgan fingerprint density at radius 3 is 2.80 bits per heavy atom. The smallest absolute Gasteiger partial charge is 0.0221 e. The maximum absolute atomic E-state index is 3.67. The van der Waals surface area contributed by atoms with Gasteiger partial charge in [0.1, 0.15) is 0 Å². The van der Waals surface area contributed by atoms with Crippen molar-refractivity contribution in [3.05, 3.63) is 0 Å². The summed E-state index contributed by atoms with van der Waals surface area (Å²) in [5.74, 6) is 1.84. The van der Waals surface area contributed by atoms with Gasteiger partial charge in [-0.15, -0.1) is 0 Å². The molecule has 2 heteroatoms. The first-order chi connectivity index (χ1) is 7.26. The van der Waals surface area contributed by atoms with Crippen LogP contribution in [0, 0.1) is 11.8 Å². The van der Waals surface area contributed by atoms with Gasteiger partial charge in [-0.1, -0.05) is 33.6 Å². The number of hydrogen-bond acceptors (Lipinski definition) is 2. The maximum Gasteiger partial charge on any atom is 0.0221 e. The summed E-state index contributed by atoms with van der Waals surface area (Å²) in [5, 5.41) is 3.67. The molecule has 0 bridgehead atoms. The molecule has 88 valence electrons. The van der Waals surface area contributed by atoms with E-state index in [1.54, 1.807) is 0 Å². The highest BCUT2D eigenvalue weighted by Gasteiger charge is 2.41. The fraction of sp³-hybridized carbons (Fsp3) is 1.00. The molecule has 2 nitrogen and oxygen atoms in total. The monoisotopic (exact) mass is 210 g/mol.